The number of primary amides is 1. The van der Waals surface area contributed by atoms with Crippen molar-refractivity contribution in [1.29, 1.82) is 0 Å². The zero-order valence-corrected chi connectivity index (χ0v) is 14.9. The molecule has 7 heteroatoms. The third-order valence-corrected chi connectivity index (χ3v) is 3.73. The number of carbonyl (C=O) groups is 2. The van der Waals surface area contributed by atoms with Crippen molar-refractivity contribution >= 4 is 29.1 Å². The molecule has 0 aliphatic carbocycles. The first-order valence-electron chi connectivity index (χ1n) is 7.53. The lowest BCUT2D eigenvalue weighted by Crippen LogP contribution is -2.31. The molecule has 1 atom stereocenters. The molecule has 2 aromatic rings. The van der Waals surface area contributed by atoms with Crippen molar-refractivity contribution in [3.05, 3.63) is 52.5 Å². The number of ether oxygens (including phenoxy) is 2. The Bertz CT molecular complexity index is 808. The summed E-state index contributed by atoms with van der Waals surface area (Å²) < 4.78 is 10.8. The van der Waals surface area contributed by atoms with E-state index in [2.05, 4.69) is 5.32 Å². The van der Waals surface area contributed by atoms with E-state index in [0.29, 0.717) is 16.5 Å². The molecule has 2 rings (SSSR count). The van der Waals surface area contributed by atoms with Gasteiger partial charge in [-0.25, -0.2) is 0 Å². The summed E-state index contributed by atoms with van der Waals surface area (Å²) in [6, 6.07) is 9.85. The van der Waals surface area contributed by atoms with E-state index in [1.54, 1.807) is 43.3 Å². The minimum atomic E-state index is -0.872. The van der Waals surface area contributed by atoms with E-state index in [1.807, 2.05) is 6.92 Å². The Kier molecular flexibility index (Phi) is 5.88. The summed E-state index contributed by atoms with van der Waals surface area (Å²) in [5.41, 5.74) is 6.86. The summed E-state index contributed by atoms with van der Waals surface area (Å²) in [5.74, 6) is -0.317. The fourth-order valence-electron chi connectivity index (χ4n) is 2.19. The number of carbonyl (C=O) groups excluding carboxylic acids is 2. The van der Waals surface area contributed by atoms with Crippen molar-refractivity contribution in [3.8, 4) is 11.5 Å². The Morgan fingerprint density at radius 1 is 1.16 bits per heavy atom. The molecule has 0 radical (unpaired) electrons. The maximum atomic E-state index is 12.4. The first-order chi connectivity index (χ1) is 11.8. The molecule has 0 aromatic heterocycles. The molecule has 2 aromatic carbocycles. The third-order valence-electron chi connectivity index (χ3n) is 3.49. The maximum absolute atomic E-state index is 12.4. The summed E-state index contributed by atoms with van der Waals surface area (Å²) in [7, 11) is 1.49. The summed E-state index contributed by atoms with van der Waals surface area (Å²) in [5, 5.41) is 3.15. The number of nitrogens with one attached hydrogen (secondary N) is 1. The van der Waals surface area contributed by atoms with Crippen LogP contribution in [0, 0.1) is 6.92 Å². The summed E-state index contributed by atoms with van der Waals surface area (Å²) >= 11 is 5.95. The maximum Gasteiger partial charge on any atom is 0.265 e. The number of aryl methyl sites for hydroxylation is 1. The molecule has 0 aliphatic heterocycles. The van der Waals surface area contributed by atoms with Crippen LogP contribution >= 0.6 is 11.6 Å². The van der Waals surface area contributed by atoms with E-state index in [4.69, 9.17) is 26.8 Å². The number of amides is 2. The highest BCUT2D eigenvalue weighted by Crippen LogP contribution is 2.28. The van der Waals surface area contributed by atoms with Gasteiger partial charge in [0.15, 0.2) is 6.10 Å². The lowest BCUT2D eigenvalue weighted by atomic mass is 10.1. The van der Waals surface area contributed by atoms with Gasteiger partial charge in [0.25, 0.3) is 11.8 Å². The molecule has 0 bridgehead atoms. The fraction of sp³-hybridized carbons (Fsp3) is 0.222. The van der Waals surface area contributed by atoms with Crippen LogP contribution in [0.5, 0.6) is 11.5 Å². The molecule has 0 aliphatic rings. The molecule has 25 heavy (non-hydrogen) atoms. The molecule has 0 heterocycles. The molecule has 0 fully saturated rings. The minimum absolute atomic E-state index is 0.214. The highest BCUT2D eigenvalue weighted by atomic mass is 35.5. The molecule has 2 amide bonds. The van der Waals surface area contributed by atoms with Crippen molar-refractivity contribution < 1.29 is 19.1 Å². The van der Waals surface area contributed by atoms with Gasteiger partial charge in [-0.2, -0.15) is 0 Å². The van der Waals surface area contributed by atoms with Gasteiger partial charge in [-0.1, -0.05) is 17.7 Å². The van der Waals surface area contributed by atoms with Crippen LogP contribution in [0.15, 0.2) is 36.4 Å². The van der Waals surface area contributed by atoms with Gasteiger partial charge in [-0.15, -0.1) is 0 Å². The van der Waals surface area contributed by atoms with Crippen LogP contribution in [0.1, 0.15) is 22.8 Å². The van der Waals surface area contributed by atoms with E-state index in [0.717, 1.165) is 5.56 Å². The van der Waals surface area contributed by atoms with Gasteiger partial charge in [0.05, 0.1) is 18.4 Å². The van der Waals surface area contributed by atoms with E-state index in [-0.39, 0.29) is 11.3 Å². The molecule has 6 nitrogen and oxygen atoms in total. The number of benzene rings is 2. The van der Waals surface area contributed by atoms with Crippen molar-refractivity contribution in [3.63, 3.8) is 0 Å². The topological polar surface area (TPSA) is 90.7 Å². The van der Waals surface area contributed by atoms with Crippen LogP contribution < -0.4 is 20.5 Å². The molecule has 3 N–H and O–H groups in total. The first-order valence-corrected chi connectivity index (χ1v) is 7.91. The fourth-order valence-corrected chi connectivity index (χ4v) is 2.36. The van der Waals surface area contributed by atoms with Crippen molar-refractivity contribution in [2.24, 2.45) is 5.73 Å². The smallest absolute Gasteiger partial charge is 0.265 e. The van der Waals surface area contributed by atoms with E-state index in [9.17, 15) is 9.59 Å². The number of halogens is 1. The largest absolute Gasteiger partial charge is 0.495 e. The predicted molar refractivity (Wildman–Crippen MR) is 96.4 cm³/mol. The molecule has 132 valence electrons. The number of hydrogen-bond donors (Lipinski definition) is 2. The van der Waals surface area contributed by atoms with E-state index < -0.39 is 17.9 Å². The Morgan fingerprint density at radius 3 is 2.52 bits per heavy atom. The molecule has 0 saturated heterocycles. The number of methoxy groups -OCH3 is 1. The lowest BCUT2D eigenvalue weighted by Gasteiger charge is -2.18. The van der Waals surface area contributed by atoms with Gasteiger partial charge in [-0.3, -0.25) is 9.59 Å². The molecule has 0 saturated carbocycles. The second-order valence-electron chi connectivity index (χ2n) is 5.46. The van der Waals surface area contributed by atoms with Crippen molar-refractivity contribution in [2.75, 3.05) is 12.4 Å². The van der Waals surface area contributed by atoms with Crippen LogP contribution in [0.25, 0.3) is 0 Å². The van der Waals surface area contributed by atoms with Crippen molar-refractivity contribution in [1.82, 2.24) is 0 Å². The second kappa shape index (κ2) is 7.90. The van der Waals surface area contributed by atoms with Gasteiger partial charge < -0.3 is 20.5 Å². The zero-order valence-electron chi connectivity index (χ0n) is 14.1. The Labute approximate surface area is 150 Å². The van der Waals surface area contributed by atoms with Crippen LogP contribution in [0.3, 0.4) is 0 Å². The molecular weight excluding hydrogens is 344 g/mol. The lowest BCUT2D eigenvalue weighted by molar-refractivity contribution is -0.122. The highest BCUT2D eigenvalue weighted by molar-refractivity contribution is 6.31. The number of anilines is 1. The molecular formula is C18H19ClN2O4. The van der Waals surface area contributed by atoms with Crippen LogP contribution in [0.2, 0.25) is 5.02 Å². The Hall–Kier alpha value is -2.73. The summed E-state index contributed by atoms with van der Waals surface area (Å²) in [4.78, 5) is 23.9. The quantitative estimate of drug-likeness (QED) is 0.825. The van der Waals surface area contributed by atoms with E-state index >= 15 is 0 Å². The predicted octanol–water partition coefficient (Wildman–Crippen LogP) is 3.16. The number of rotatable bonds is 6. The van der Waals surface area contributed by atoms with Gasteiger partial charge in [0.1, 0.15) is 11.5 Å². The standard InChI is InChI=1S/C18H19ClN2O4/c1-10-4-6-13(17(20)22)16(8-10)25-11(2)18(23)21-14-9-12(19)5-7-15(14)24-3/h4-9,11H,1-3H3,(H2,20,22)(H,21,23)/t11-/m0/s1. The minimum Gasteiger partial charge on any atom is -0.495 e. The second-order valence-corrected chi connectivity index (χ2v) is 5.89. The Morgan fingerprint density at radius 2 is 1.88 bits per heavy atom. The first kappa shape index (κ1) is 18.6. The molecule has 0 spiro atoms. The SMILES string of the molecule is COc1ccc(Cl)cc1NC(=O)[C@H](C)Oc1cc(C)ccc1C(N)=O. The average Bonchev–Trinajstić information content (AvgIpc) is 2.54. The monoisotopic (exact) mass is 362 g/mol. The average molecular weight is 363 g/mol. The van der Waals surface area contributed by atoms with Crippen LogP contribution in [-0.2, 0) is 4.79 Å². The van der Waals surface area contributed by atoms with Gasteiger partial charge >= 0.3 is 0 Å². The third kappa shape index (κ3) is 4.64. The van der Waals surface area contributed by atoms with Crippen LogP contribution in [-0.4, -0.2) is 25.0 Å². The summed E-state index contributed by atoms with van der Waals surface area (Å²) in [6.07, 6.45) is -0.872. The number of hydrogen-bond acceptors (Lipinski definition) is 4. The van der Waals surface area contributed by atoms with E-state index in [1.165, 1.54) is 7.11 Å². The van der Waals surface area contributed by atoms with Crippen LogP contribution in [0.4, 0.5) is 5.69 Å². The Balaban J connectivity index is 2.18. The summed E-state index contributed by atoms with van der Waals surface area (Å²) in [6.45, 7) is 3.42. The zero-order chi connectivity index (χ0) is 18.6. The number of nitrogens with two attached hydrogens (primary N) is 1. The van der Waals surface area contributed by atoms with Gasteiger partial charge in [0, 0.05) is 5.02 Å². The van der Waals surface area contributed by atoms with Crippen molar-refractivity contribution in [2.45, 2.75) is 20.0 Å². The van der Waals surface area contributed by atoms with Gasteiger partial charge in [0.2, 0.25) is 0 Å². The van der Waals surface area contributed by atoms with Gasteiger partial charge in [-0.05, 0) is 49.7 Å². The normalized spacial score (nSPS) is 11.5. The molecule has 0 unspecified atom stereocenters. The highest BCUT2D eigenvalue weighted by Gasteiger charge is 2.19.